The highest BCUT2D eigenvalue weighted by Gasteiger charge is 2.21. The largest absolute Gasteiger partial charge is 0.473 e. The minimum Gasteiger partial charge on any atom is -0.473 e. The van der Waals surface area contributed by atoms with Gasteiger partial charge in [0, 0.05) is 23.5 Å². The van der Waals surface area contributed by atoms with E-state index in [4.69, 9.17) is 22.1 Å². The highest BCUT2D eigenvalue weighted by Crippen LogP contribution is 2.32. The second-order valence-corrected chi connectivity index (χ2v) is 8.67. The van der Waals surface area contributed by atoms with Gasteiger partial charge < -0.3 is 10.5 Å². The molecule has 0 spiro atoms. The Morgan fingerprint density at radius 1 is 1.03 bits per heavy atom. The van der Waals surface area contributed by atoms with E-state index in [-0.39, 0.29) is 12.4 Å². The maximum Gasteiger partial charge on any atom is 0.214 e. The van der Waals surface area contributed by atoms with Gasteiger partial charge in [-0.3, -0.25) is 4.98 Å². The Morgan fingerprint density at radius 3 is 2.58 bits per heavy atom. The van der Waals surface area contributed by atoms with Crippen LogP contribution >= 0.6 is 11.6 Å². The molecule has 4 nitrogen and oxygen atoms in total. The van der Waals surface area contributed by atoms with Crippen molar-refractivity contribution in [2.45, 2.75) is 38.7 Å². The van der Waals surface area contributed by atoms with Crippen LogP contribution in [0.25, 0.3) is 11.3 Å². The number of rotatable bonds is 7. The van der Waals surface area contributed by atoms with Crippen LogP contribution in [-0.4, -0.2) is 16.5 Å². The molecule has 2 heterocycles. The Bertz CT molecular complexity index is 1020. The molecule has 0 unspecified atom stereocenters. The normalized spacial score (nSPS) is 18.7. The molecule has 0 aliphatic heterocycles. The number of aromatic nitrogens is 2. The number of pyridine rings is 2. The minimum atomic E-state index is -0.282. The quantitative estimate of drug-likeness (QED) is 0.503. The summed E-state index contributed by atoms with van der Waals surface area (Å²) in [4.78, 5) is 9.16. The maximum absolute atomic E-state index is 13.4. The summed E-state index contributed by atoms with van der Waals surface area (Å²) in [5.41, 5.74) is 9.18. The van der Waals surface area contributed by atoms with Gasteiger partial charge in [0.15, 0.2) is 0 Å². The van der Waals surface area contributed by atoms with Crippen molar-refractivity contribution in [3.63, 3.8) is 0 Å². The summed E-state index contributed by atoms with van der Waals surface area (Å²) in [5, 5.41) is 0.561. The lowest BCUT2D eigenvalue weighted by Gasteiger charge is -2.27. The van der Waals surface area contributed by atoms with Crippen molar-refractivity contribution in [2.24, 2.45) is 17.6 Å². The third-order valence-electron chi connectivity index (χ3n) is 5.98. The first-order chi connectivity index (χ1) is 15.1. The van der Waals surface area contributed by atoms with Crippen molar-refractivity contribution in [3.8, 4) is 17.1 Å². The van der Waals surface area contributed by atoms with Gasteiger partial charge >= 0.3 is 0 Å². The van der Waals surface area contributed by atoms with Crippen molar-refractivity contribution in [1.29, 1.82) is 0 Å². The molecular formula is C25H27ClFN3O. The van der Waals surface area contributed by atoms with Crippen LogP contribution in [0.15, 0.2) is 54.7 Å². The second-order valence-electron chi connectivity index (χ2n) is 8.26. The van der Waals surface area contributed by atoms with Crippen LogP contribution in [0.1, 0.15) is 36.9 Å². The van der Waals surface area contributed by atoms with E-state index in [0.717, 1.165) is 35.5 Å². The van der Waals surface area contributed by atoms with E-state index in [2.05, 4.69) is 9.97 Å². The topological polar surface area (TPSA) is 61.0 Å². The van der Waals surface area contributed by atoms with Crippen molar-refractivity contribution in [1.82, 2.24) is 9.97 Å². The van der Waals surface area contributed by atoms with Gasteiger partial charge in [-0.1, -0.05) is 29.8 Å². The lowest BCUT2D eigenvalue weighted by Crippen LogP contribution is -2.22. The molecule has 0 saturated heterocycles. The summed E-state index contributed by atoms with van der Waals surface area (Å²) in [7, 11) is 0. The Morgan fingerprint density at radius 2 is 1.81 bits per heavy atom. The van der Waals surface area contributed by atoms with Gasteiger partial charge in [-0.05, 0) is 80.3 Å². The first-order valence-corrected chi connectivity index (χ1v) is 11.2. The zero-order chi connectivity index (χ0) is 21.6. The molecule has 3 aromatic rings. The molecule has 0 amide bonds. The molecule has 1 aliphatic rings. The molecule has 0 radical (unpaired) electrons. The van der Waals surface area contributed by atoms with Crippen molar-refractivity contribution >= 4 is 11.6 Å². The Kier molecular flexibility index (Phi) is 7.15. The van der Waals surface area contributed by atoms with Crippen LogP contribution < -0.4 is 10.5 Å². The number of hydrogen-bond donors (Lipinski definition) is 1. The standard InChI is InChI=1S/C25H27ClFN3O/c26-23-15-29-21(12-17-7-9-18(14-28)10-8-17)13-22(23)24-5-2-6-25(30-24)31-16-19-3-1-4-20(27)11-19/h1-6,11,13,15,17-18H,7-10,12,14,16,28H2. The van der Waals surface area contributed by atoms with E-state index >= 15 is 0 Å². The number of halogens is 2. The van der Waals surface area contributed by atoms with Crippen molar-refractivity contribution in [3.05, 3.63) is 76.8 Å². The summed E-state index contributed by atoms with van der Waals surface area (Å²) in [5.74, 6) is 1.49. The predicted molar refractivity (Wildman–Crippen MR) is 121 cm³/mol. The fourth-order valence-corrected chi connectivity index (χ4v) is 4.39. The van der Waals surface area contributed by atoms with Gasteiger partial charge in [0.2, 0.25) is 5.88 Å². The number of nitrogens with two attached hydrogens (primary N) is 1. The number of ether oxygens (including phenoxy) is 1. The van der Waals surface area contributed by atoms with Crippen molar-refractivity contribution in [2.75, 3.05) is 6.54 Å². The number of hydrogen-bond acceptors (Lipinski definition) is 4. The first-order valence-electron chi connectivity index (χ1n) is 10.8. The van der Waals surface area contributed by atoms with Gasteiger partial charge in [0.05, 0.1) is 10.7 Å². The van der Waals surface area contributed by atoms with E-state index in [1.165, 1.54) is 37.8 Å². The van der Waals surface area contributed by atoms with E-state index in [1.807, 2.05) is 24.3 Å². The Hall–Kier alpha value is -2.50. The third kappa shape index (κ3) is 5.81. The molecule has 1 fully saturated rings. The molecule has 6 heteroatoms. The third-order valence-corrected chi connectivity index (χ3v) is 6.29. The monoisotopic (exact) mass is 439 g/mol. The van der Waals surface area contributed by atoms with Gasteiger partial charge in [-0.15, -0.1) is 0 Å². The fraction of sp³-hybridized carbons (Fsp3) is 0.360. The van der Waals surface area contributed by atoms with Crippen LogP contribution in [0, 0.1) is 17.7 Å². The molecule has 162 valence electrons. The van der Waals surface area contributed by atoms with Gasteiger partial charge in [-0.25, -0.2) is 9.37 Å². The predicted octanol–water partition coefficient (Wildman–Crippen LogP) is 5.82. The summed E-state index contributed by atoms with van der Waals surface area (Å²) < 4.78 is 19.1. The Balaban J connectivity index is 1.46. The van der Waals surface area contributed by atoms with Crippen LogP contribution in [-0.2, 0) is 13.0 Å². The van der Waals surface area contributed by atoms with E-state index in [1.54, 1.807) is 18.3 Å². The number of nitrogens with zero attached hydrogens (tertiary/aromatic N) is 2. The van der Waals surface area contributed by atoms with Crippen LogP contribution in [0.4, 0.5) is 4.39 Å². The highest BCUT2D eigenvalue weighted by atomic mass is 35.5. The second kappa shape index (κ2) is 10.2. The molecule has 1 aromatic carbocycles. The number of benzene rings is 1. The zero-order valence-corrected chi connectivity index (χ0v) is 18.2. The SMILES string of the molecule is NCC1CCC(Cc2cc(-c3cccc(OCc4cccc(F)c4)n3)c(Cl)cn2)CC1. The molecule has 31 heavy (non-hydrogen) atoms. The van der Waals surface area contributed by atoms with Crippen LogP contribution in [0.2, 0.25) is 5.02 Å². The smallest absolute Gasteiger partial charge is 0.214 e. The summed E-state index contributed by atoms with van der Waals surface area (Å²) in [6.07, 6.45) is 7.45. The van der Waals surface area contributed by atoms with Gasteiger partial charge in [0.1, 0.15) is 12.4 Å². The zero-order valence-electron chi connectivity index (χ0n) is 17.4. The van der Waals surface area contributed by atoms with Crippen LogP contribution in [0.5, 0.6) is 5.88 Å². The molecule has 0 atom stereocenters. The summed E-state index contributed by atoms with van der Waals surface area (Å²) in [6.45, 7) is 1.04. The lowest BCUT2D eigenvalue weighted by atomic mass is 9.80. The first kappa shape index (κ1) is 21.7. The molecular weight excluding hydrogens is 413 g/mol. The molecule has 2 N–H and O–H groups in total. The maximum atomic E-state index is 13.4. The molecule has 1 aliphatic carbocycles. The fourth-order valence-electron chi connectivity index (χ4n) is 4.19. The summed E-state index contributed by atoms with van der Waals surface area (Å²) in [6, 6.07) is 14.0. The summed E-state index contributed by atoms with van der Waals surface area (Å²) >= 11 is 6.46. The minimum absolute atomic E-state index is 0.245. The lowest BCUT2D eigenvalue weighted by molar-refractivity contribution is 0.277. The molecule has 0 bridgehead atoms. The molecule has 4 rings (SSSR count). The van der Waals surface area contributed by atoms with Crippen molar-refractivity contribution < 1.29 is 9.13 Å². The molecule has 2 aromatic heterocycles. The average molecular weight is 440 g/mol. The van der Waals surface area contributed by atoms with E-state index in [0.29, 0.717) is 22.7 Å². The van der Waals surface area contributed by atoms with E-state index < -0.39 is 0 Å². The average Bonchev–Trinajstić information content (AvgIpc) is 2.80. The Labute approximate surface area is 187 Å². The highest BCUT2D eigenvalue weighted by molar-refractivity contribution is 6.33. The van der Waals surface area contributed by atoms with Gasteiger partial charge in [-0.2, -0.15) is 0 Å². The van der Waals surface area contributed by atoms with Gasteiger partial charge in [0.25, 0.3) is 0 Å². The molecule has 1 saturated carbocycles. The van der Waals surface area contributed by atoms with E-state index in [9.17, 15) is 4.39 Å². The van der Waals surface area contributed by atoms with Crippen LogP contribution in [0.3, 0.4) is 0 Å².